The van der Waals surface area contributed by atoms with Crippen molar-refractivity contribution in [3.05, 3.63) is 29.3 Å². The molecule has 0 radical (unpaired) electrons. The van der Waals surface area contributed by atoms with Crippen molar-refractivity contribution in [1.29, 1.82) is 0 Å². The maximum atomic E-state index is 13.6. The molecule has 1 aromatic rings. The van der Waals surface area contributed by atoms with Gasteiger partial charge >= 0.3 is 6.03 Å². The molecule has 2 heterocycles. The van der Waals surface area contributed by atoms with Crippen molar-refractivity contribution in [3.8, 4) is 0 Å². The van der Waals surface area contributed by atoms with E-state index in [1.165, 1.54) is 12.8 Å². The summed E-state index contributed by atoms with van der Waals surface area (Å²) in [6.07, 6.45) is 6.98. The Morgan fingerprint density at radius 2 is 1.65 bits per heavy atom. The van der Waals surface area contributed by atoms with Crippen LogP contribution in [0.2, 0.25) is 5.02 Å². The molecule has 31 heavy (non-hydrogen) atoms. The smallest absolute Gasteiger partial charge is 0.321 e. The standard InChI is InChI=1S/C24H35ClN4O2/c1-18-9-11-28(12-10-18)23(30)22(19-5-2-3-6-19)27-13-15-29(16-14-27)24(31)26-21-8-4-7-20(25)17-21/h4,7-8,17-19,22H,2-3,5-6,9-16H2,1H3,(H,26,31)/t22-/m0/s1. The van der Waals surface area contributed by atoms with Crippen LogP contribution in [0, 0.1) is 11.8 Å². The molecule has 3 amide bonds. The van der Waals surface area contributed by atoms with E-state index in [9.17, 15) is 9.59 Å². The van der Waals surface area contributed by atoms with Crippen LogP contribution in [0.1, 0.15) is 45.4 Å². The number of hydrogen-bond acceptors (Lipinski definition) is 3. The number of rotatable bonds is 4. The quantitative estimate of drug-likeness (QED) is 0.749. The first-order valence-electron chi connectivity index (χ1n) is 11.9. The lowest BCUT2D eigenvalue weighted by Crippen LogP contribution is -2.59. The number of anilines is 1. The molecule has 0 bridgehead atoms. The van der Waals surface area contributed by atoms with E-state index in [-0.39, 0.29) is 12.1 Å². The molecule has 0 spiro atoms. The summed E-state index contributed by atoms with van der Waals surface area (Å²) in [5, 5.41) is 3.54. The van der Waals surface area contributed by atoms with Crippen molar-refractivity contribution in [2.75, 3.05) is 44.6 Å². The van der Waals surface area contributed by atoms with Crippen LogP contribution >= 0.6 is 11.6 Å². The van der Waals surface area contributed by atoms with Gasteiger partial charge in [-0.2, -0.15) is 0 Å². The Balaban J connectivity index is 1.37. The summed E-state index contributed by atoms with van der Waals surface area (Å²) >= 11 is 6.02. The van der Waals surface area contributed by atoms with Crippen LogP contribution in [0.3, 0.4) is 0 Å². The monoisotopic (exact) mass is 446 g/mol. The fourth-order valence-electron chi connectivity index (χ4n) is 5.32. The topological polar surface area (TPSA) is 55.9 Å². The van der Waals surface area contributed by atoms with Gasteiger partial charge in [-0.25, -0.2) is 4.79 Å². The van der Waals surface area contributed by atoms with Crippen molar-refractivity contribution in [3.63, 3.8) is 0 Å². The Kier molecular flexibility index (Phi) is 7.39. The van der Waals surface area contributed by atoms with Gasteiger partial charge in [0, 0.05) is 50.0 Å². The van der Waals surface area contributed by atoms with Crippen LogP contribution in [0.4, 0.5) is 10.5 Å². The van der Waals surface area contributed by atoms with E-state index in [1.807, 2.05) is 17.0 Å². The van der Waals surface area contributed by atoms with Crippen molar-refractivity contribution in [2.45, 2.75) is 51.5 Å². The minimum absolute atomic E-state index is 0.0194. The minimum atomic E-state index is -0.101. The Bertz CT molecular complexity index is 767. The summed E-state index contributed by atoms with van der Waals surface area (Å²) in [4.78, 5) is 32.6. The summed E-state index contributed by atoms with van der Waals surface area (Å²) in [6.45, 7) is 6.85. The summed E-state index contributed by atoms with van der Waals surface area (Å²) in [7, 11) is 0. The van der Waals surface area contributed by atoms with E-state index < -0.39 is 0 Å². The average molecular weight is 447 g/mol. The number of nitrogens with zero attached hydrogens (tertiary/aromatic N) is 3. The van der Waals surface area contributed by atoms with E-state index in [4.69, 9.17) is 11.6 Å². The number of amides is 3. The lowest BCUT2D eigenvalue weighted by atomic mass is 9.92. The molecule has 6 nitrogen and oxygen atoms in total. The predicted octanol–water partition coefficient (Wildman–Crippen LogP) is 4.31. The van der Waals surface area contributed by atoms with Gasteiger partial charge in [-0.05, 0) is 55.7 Å². The fraction of sp³-hybridized carbons (Fsp3) is 0.667. The van der Waals surface area contributed by atoms with Gasteiger partial charge in [0.1, 0.15) is 0 Å². The molecule has 0 unspecified atom stereocenters. The zero-order chi connectivity index (χ0) is 21.8. The SMILES string of the molecule is CC1CCN(C(=O)[C@H](C2CCCC2)N2CCN(C(=O)Nc3cccc(Cl)c3)CC2)CC1. The Morgan fingerprint density at radius 1 is 0.968 bits per heavy atom. The van der Waals surface area contributed by atoms with Crippen LogP contribution in [0.25, 0.3) is 0 Å². The highest BCUT2D eigenvalue weighted by Gasteiger charge is 2.39. The summed E-state index contributed by atoms with van der Waals surface area (Å²) in [5.74, 6) is 1.50. The third-order valence-electron chi connectivity index (χ3n) is 7.27. The normalized spacial score (nSPS) is 22.5. The zero-order valence-electron chi connectivity index (χ0n) is 18.6. The van der Waals surface area contributed by atoms with Gasteiger partial charge in [-0.15, -0.1) is 0 Å². The molecule has 3 aliphatic rings. The highest BCUT2D eigenvalue weighted by Crippen LogP contribution is 2.33. The Labute approximate surface area is 190 Å². The minimum Gasteiger partial charge on any atom is -0.341 e. The second kappa shape index (κ2) is 10.2. The molecular formula is C24H35ClN4O2. The molecule has 4 rings (SSSR count). The number of carbonyl (C=O) groups is 2. The van der Waals surface area contributed by atoms with E-state index in [0.29, 0.717) is 35.6 Å². The first kappa shape index (κ1) is 22.4. The fourth-order valence-corrected chi connectivity index (χ4v) is 5.51. The van der Waals surface area contributed by atoms with Gasteiger partial charge in [0.15, 0.2) is 0 Å². The van der Waals surface area contributed by atoms with Crippen LogP contribution in [-0.2, 0) is 4.79 Å². The second-order valence-corrected chi connectivity index (χ2v) is 9.90. The number of urea groups is 1. The third-order valence-corrected chi connectivity index (χ3v) is 7.50. The molecular weight excluding hydrogens is 412 g/mol. The first-order chi connectivity index (χ1) is 15.0. The summed E-state index contributed by atoms with van der Waals surface area (Å²) in [5.41, 5.74) is 0.707. The van der Waals surface area contributed by atoms with E-state index in [2.05, 4.69) is 22.0 Å². The predicted molar refractivity (Wildman–Crippen MR) is 124 cm³/mol. The van der Waals surface area contributed by atoms with Crippen LogP contribution in [0.15, 0.2) is 24.3 Å². The van der Waals surface area contributed by atoms with Crippen molar-refractivity contribution < 1.29 is 9.59 Å². The molecule has 1 aliphatic carbocycles. The summed E-state index contributed by atoms with van der Waals surface area (Å²) < 4.78 is 0. The molecule has 1 N–H and O–H groups in total. The van der Waals surface area contributed by atoms with Crippen molar-refractivity contribution in [2.24, 2.45) is 11.8 Å². The van der Waals surface area contributed by atoms with Gasteiger partial charge in [0.25, 0.3) is 0 Å². The van der Waals surface area contributed by atoms with Gasteiger partial charge < -0.3 is 15.1 Å². The van der Waals surface area contributed by atoms with E-state index >= 15 is 0 Å². The highest BCUT2D eigenvalue weighted by atomic mass is 35.5. The summed E-state index contributed by atoms with van der Waals surface area (Å²) in [6, 6.07) is 7.09. The third kappa shape index (κ3) is 5.53. The van der Waals surface area contributed by atoms with E-state index in [1.54, 1.807) is 12.1 Å². The number of hydrogen-bond donors (Lipinski definition) is 1. The number of piperidine rings is 1. The maximum absolute atomic E-state index is 13.6. The van der Waals surface area contributed by atoms with Crippen LogP contribution < -0.4 is 5.32 Å². The zero-order valence-corrected chi connectivity index (χ0v) is 19.3. The van der Waals surface area contributed by atoms with Crippen LogP contribution in [0.5, 0.6) is 0 Å². The number of benzene rings is 1. The number of piperazine rings is 1. The van der Waals surface area contributed by atoms with Gasteiger partial charge in [0.2, 0.25) is 5.91 Å². The maximum Gasteiger partial charge on any atom is 0.321 e. The lowest BCUT2D eigenvalue weighted by molar-refractivity contribution is -0.141. The Hall–Kier alpha value is -1.79. The molecule has 1 aromatic carbocycles. The van der Waals surface area contributed by atoms with Crippen LogP contribution in [-0.4, -0.2) is 71.9 Å². The molecule has 2 saturated heterocycles. The highest BCUT2D eigenvalue weighted by molar-refractivity contribution is 6.30. The van der Waals surface area contributed by atoms with Gasteiger partial charge in [-0.1, -0.05) is 37.4 Å². The number of nitrogens with one attached hydrogen (secondary N) is 1. The molecule has 2 aliphatic heterocycles. The first-order valence-corrected chi connectivity index (χ1v) is 12.2. The largest absolute Gasteiger partial charge is 0.341 e. The molecule has 7 heteroatoms. The number of halogens is 1. The number of carbonyl (C=O) groups excluding carboxylic acids is 2. The molecule has 1 saturated carbocycles. The molecule has 0 aromatic heterocycles. The molecule has 1 atom stereocenters. The average Bonchev–Trinajstić information content (AvgIpc) is 3.29. The molecule has 170 valence electrons. The van der Waals surface area contributed by atoms with Crippen molar-refractivity contribution in [1.82, 2.24) is 14.7 Å². The lowest BCUT2D eigenvalue weighted by Gasteiger charge is -2.43. The Morgan fingerprint density at radius 3 is 2.29 bits per heavy atom. The van der Waals surface area contributed by atoms with Gasteiger partial charge in [-0.3, -0.25) is 9.69 Å². The van der Waals surface area contributed by atoms with Crippen molar-refractivity contribution >= 4 is 29.2 Å². The second-order valence-electron chi connectivity index (χ2n) is 9.46. The molecule has 3 fully saturated rings. The number of likely N-dealkylation sites (tertiary alicyclic amines) is 1. The van der Waals surface area contributed by atoms with Gasteiger partial charge in [0.05, 0.1) is 6.04 Å². The van der Waals surface area contributed by atoms with E-state index in [0.717, 1.165) is 57.8 Å².